The van der Waals surface area contributed by atoms with Gasteiger partial charge in [0.2, 0.25) is 0 Å². The molecule has 0 amide bonds. The molecule has 0 saturated heterocycles. The molecule has 0 bridgehead atoms. The van der Waals surface area contributed by atoms with E-state index in [2.05, 4.69) is 12.2 Å². The summed E-state index contributed by atoms with van der Waals surface area (Å²) in [6, 6.07) is 5.99. The molecule has 0 spiro atoms. The quantitative estimate of drug-likeness (QED) is 0.808. The summed E-state index contributed by atoms with van der Waals surface area (Å²) < 4.78 is 10.3. The number of nitrogens with one attached hydrogen (secondary N) is 1. The van der Waals surface area contributed by atoms with E-state index in [1.54, 1.807) is 14.2 Å². The molecule has 1 aromatic carbocycles. The van der Waals surface area contributed by atoms with Gasteiger partial charge in [-0.05, 0) is 37.6 Å². The summed E-state index contributed by atoms with van der Waals surface area (Å²) in [6.07, 6.45) is 0.214. The van der Waals surface area contributed by atoms with Crippen LogP contribution in [0, 0.1) is 6.92 Å². The van der Waals surface area contributed by atoms with Crippen LogP contribution in [0.15, 0.2) is 18.2 Å². The number of benzene rings is 1. The van der Waals surface area contributed by atoms with Gasteiger partial charge >= 0.3 is 0 Å². The number of hydrogen-bond acceptors (Lipinski definition) is 3. The van der Waals surface area contributed by atoms with Crippen molar-refractivity contribution in [1.82, 2.24) is 0 Å². The van der Waals surface area contributed by atoms with Crippen molar-refractivity contribution in [3.63, 3.8) is 0 Å². The Morgan fingerprint density at radius 3 is 2.60 bits per heavy atom. The Balaban J connectivity index is 2.62. The zero-order valence-corrected chi connectivity index (χ0v) is 9.83. The van der Waals surface area contributed by atoms with Crippen molar-refractivity contribution in [3.05, 3.63) is 23.8 Å². The van der Waals surface area contributed by atoms with Crippen LogP contribution in [0.25, 0.3) is 0 Å². The SMILES string of the molecule is COc1ccc(NCC(C)OC)c(C)c1. The number of hydrogen-bond donors (Lipinski definition) is 1. The lowest BCUT2D eigenvalue weighted by Gasteiger charge is -2.14. The second-order valence-electron chi connectivity index (χ2n) is 3.61. The van der Waals surface area contributed by atoms with Gasteiger partial charge in [0.1, 0.15) is 5.75 Å². The van der Waals surface area contributed by atoms with Crippen LogP contribution in [0.1, 0.15) is 12.5 Å². The molecule has 1 aromatic rings. The van der Waals surface area contributed by atoms with Gasteiger partial charge in [0, 0.05) is 19.3 Å². The predicted molar refractivity (Wildman–Crippen MR) is 62.7 cm³/mol. The first-order valence-electron chi connectivity index (χ1n) is 5.08. The highest BCUT2D eigenvalue weighted by molar-refractivity contribution is 5.53. The lowest BCUT2D eigenvalue weighted by atomic mass is 10.2. The van der Waals surface area contributed by atoms with Crippen LogP contribution in [0.4, 0.5) is 5.69 Å². The summed E-state index contributed by atoms with van der Waals surface area (Å²) >= 11 is 0. The summed E-state index contributed by atoms with van der Waals surface area (Å²) in [4.78, 5) is 0. The molecule has 0 aromatic heterocycles. The third-order valence-corrected chi connectivity index (χ3v) is 2.42. The summed E-state index contributed by atoms with van der Waals surface area (Å²) in [5.74, 6) is 0.887. The lowest BCUT2D eigenvalue weighted by molar-refractivity contribution is 0.129. The van der Waals surface area contributed by atoms with E-state index in [0.29, 0.717) is 0 Å². The maximum Gasteiger partial charge on any atom is 0.119 e. The highest BCUT2D eigenvalue weighted by Crippen LogP contribution is 2.20. The molecule has 1 atom stereocenters. The Kier molecular flexibility index (Phi) is 4.43. The largest absolute Gasteiger partial charge is 0.497 e. The molecular formula is C12H19NO2. The molecule has 3 heteroatoms. The van der Waals surface area contributed by atoms with Crippen LogP contribution in [0.5, 0.6) is 5.75 Å². The van der Waals surface area contributed by atoms with E-state index in [4.69, 9.17) is 9.47 Å². The Bertz CT molecular complexity index is 312. The fraction of sp³-hybridized carbons (Fsp3) is 0.500. The molecule has 84 valence electrons. The second kappa shape index (κ2) is 5.61. The minimum atomic E-state index is 0.214. The monoisotopic (exact) mass is 209 g/mol. The molecule has 0 saturated carbocycles. The third kappa shape index (κ3) is 3.44. The molecule has 0 aliphatic heterocycles. The average Bonchev–Trinajstić information content (AvgIpc) is 2.26. The Morgan fingerprint density at radius 1 is 1.33 bits per heavy atom. The zero-order valence-electron chi connectivity index (χ0n) is 9.83. The van der Waals surface area contributed by atoms with Crippen LogP contribution >= 0.6 is 0 Å². The number of methoxy groups -OCH3 is 2. The van der Waals surface area contributed by atoms with Crippen molar-refractivity contribution >= 4 is 5.69 Å². The molecule has 1 rings (SSSR count). The van der Waals surface area contributed by atoms with Crippen LogP contribution in [-0.2, 0) is 4.74 Å². The Morgan fingerprint density at radius 2 is 2.07 bits per heavy atom. The molecule has 1 unspecified atom stereocenters. The first-order valence-corrected chi connectivity index (χ1v) is 5.08. The summed E-state index contributed by atoms with van der Waals surface area (Å²) in [5, 5.41) is 3.33. The summed E-state index contributed by atoms with van der Waals surface area (Å²) in [5.41, 5.74) is 2.30. The van der Waals surface area contributed by atoms with E-state index in [1.807, 2.05) is 25.1 Å². The Labute approximate surface area is 91.4 Å². The van der Waals surface area contributed by atoms with Gasteiger partial charge in [0.25, 0.3) is 0 Å². The zero-order chi connectivity index (χ0) is 11.3. The van der Waals surface area contributed by atoms with Crippen molar-refractivity contribution in [1.29, 1.82) is 0 Å². The molecule has 0 fully saturated rings. The molecule has 3 nitrogen and oxygen atoms in total. The maximum absolute atomic E-state index is 5.17. The van der Waals surface area contributed by atoms with Crippen molar-refractivity contribution in [3.8, 4) is 5.75 Å². The first kappa shape index (κ1) is 11.9. The third-order valence-electron chi connectivity index (χ3n) is 2.42. The van der Waals surface area contributed by atoms with E-state index >= 15 is 0 Å². The number of rotatable bonds is 5. The average molecular weight is 209 g/mol. The van der Waals surface area contributed by atoms with Gasteiger partial charge in [-0.15, -0.1) is 0 Å². The van der Waals surface area contributed by atoms with E-state index in [9.17, 15) is 0 Å². The van der Waals surface area contributed by atoms with E-state index in [1.165, 1.54) is 5.56 Å². The van der Waals surface area contributed by atoms with Crippen LogP contribution in [0.3, 0.4) is 0 Å². The molecular weight excluding hydrogens is 190 g/mol. The number of anilines is 1. The standard InChI is InChI=1S/C12H19NO2/c1-9-7-11(15-4)5-6-12(9)13-8-10(2)14-3/h5-7,10,13H,8H2,1-4H3. The number of ether oxygens (including phenoxy) is 2. The molecule has 0 aliphatic rings. The maximum atomic E-state index is 5.17. The van der Waals surface area contributed by atoms with Crippen molar-refractivity contribution < 1.29 is 9.47 Å². The normalized spacial score (nSPS) is 12.3. The van der Waals surface area contributed by atoms with Gasteiger partial charge in [-0.1, -0.05) is 0 Å². The fourth-order valence-corrected chi connectivity index (χ4v) is 1.30. The van der Waals surface area contributed by atoms with Gasteiger partial charge in [0.15, 0.2) is 0 Å². The smallest absolute Gasteiger partial charge is 0.119 e. The highest BCUT2D eigenvalue weighted by Gasteiger charge is 2.02. The molecule has 15 heavy (non-hydrogen) atoms. The van der Waals surface area contributed by atoms with Crippen LogP contribution in [0.2, 0.25) is 0 Å². The summed E-state index contributed by atoms with van der Waals surface area (Å²) in [7, 11) is 3.39. The van der Waals surface area contributed by atoms with Gasteiger partial charge < -0.3 is 14.8 Å². The van der Waals surface area contributed by atoms with Crippen LogP contribution < -0.4 is 10.1 Å². The minimum absolute atomic E-state index is 0.214. The minimum Gasteiger partial charge on any atom is -0.497 e. The van der Waals surface area contributed by atoms with Crippen molar-refractivity contribution in [2.24, 2.45) is 0 Å². The van der Waals surface area contributed by atoms with Gasteiger partial charge in [0.05, 0.1) is 13.2 Å². The molecule has 0 radical (unpaired) electrons. The van der Waals surface area contributed by atoms with E-state index < -0.39 is 0 Å². The molecule has 0 heterocycles. The van der Waals surface area contributed by atoms with Crippen LogP contribution in [-0.4, -0.2) is 26.9 Å². The van der Waals surface area contributed by atoms with Gasteiger partial charge in [-0.25, -0.2) is 0 Å². The van der Waals surface area contributed by atoms with Crippen molar-refractivity contribution in [2.45, 2.75) is 20.0 Å². The van der Waals surface area contributed by atoms with Crippen molar-refractivity contribution in [2.75, 3.05) is 26.1 Å². The Hall–Kier alpha value is -1.22. The fourth-order valence-electron chi connectivity index (χ4n) is 1.30. The summed E-state index contributed by atoms with van der Waals surface area (Å²) in [6.45, 7) is 4.90. The van der Waals surface area contributed by atoms with E-state index in [0.717, 1.165) is 18.0 Å². The van der Waals surface area contributed by atoms with Gasteiger partial charge in [-0.2, -0.15) is 0 Å². The number of aryl methyl sites for hydroxylation is 1. The molecule has 0 aliphatic carbocycles. The topological polar surface area (TPSA) is 30.5 Å². The second-order valence-corrected chi connectivity index (χ2v) is 3.61. The highest BCUT2D eigenvalue weighted by atomic mass is 16.5. The van der Waals surface area contributed by atoms with E-state index in [-0.39, 0.29) is 6.10 Å². The lowest BCUT2D eigenvalue weighted by Crippen LogP contribution is -2.18. The molecule has 1 N–H and O–H groups in total. The van der Waals surface area contributed by atoms with Gasteiger partial charge in [-0.3, -0.25) is 0 Å². The first-order chi connectivity index (χ1) is 7.17. The predicted octanol–water partition coefficient (Wildman–Crippen LogP) is 2.45.